The number of anilines is 1. The number of pyridine rings is 1. The first-order valence-corrected chi connectivity index (χ1v) is 10.4. The molecule has 0 saturated heterocycles. The van der Waals surface area contributed by atoms with Gasteiger partial charge in [-0.3, -0.25) is 14.9 Å². The maximum absolute atomic E-state index is 13.0. The van der Waals surface area contributed by atoms with Crippen LogP contribution in [0.3, 0.4) is 0 Å². The molecule has 0 aliphatic carbocycles. The molecule has 3 aromatic rings. The first-order chi connectivity index (χ1) is 15.8. The zero-order chi connectivity index (χ0) is 24.0. The molecule has 0 saturated carbocycles. The first-order valence-electron chi connectivity index (χ1n) is 9.17. The molecule has 0 radical (unpaired) electrons. The largest absolute Gasteiger partial charge is 0.444 e. The number of nitro benzene ring substituents is 1. The lowest BCUT2D eigenvalue weighted by Gasteiger charge is -2.19. The molecule has 3 rings (SSSR count). The van der Waals surface area contributed by atoms with Gasteiger partial charge in [-0.25, -0.2) is 9.78 Å². The van der Waals surface area contributed by atoms with Crippen molar-refractivity contribution in [3.05, 3.63) is 93.1 Å². The molecule has 1 amide bonds. The number of amides is 1. The average molecular weight is 494 g/mol. The Morgan fingerprint density at radius 1 is 1.12 bits per heavy atom. The van der Waals surface area contributed by atoms with Crippen LogP contribution in [-0.2, 0) is 9.53 Å². The normalized spacial score (nSPS) is 11.6. The van der Waals surface area contributed by atoms with Crippen LogP contribution in [0.25, 0.3) is 0 Å². The van der Waals surface area contributed by atoms with Crippen molar-refractivity contribution >= 4 is 46.6 Å². The van der Waals surface area contributed by atoms with Gasteiger partial charge in [0.1, 0.15) is 10.0 Å². The first kappa shape index (κ1) is 24.1. The van der Waals surface area contributed by atoms with Crippen LogP contribution in [0, 0.1) is 10.1 Å². The van der Waals surface area contributed by atoms with Gasteiger partial charge in [-0.15, -0.1) is 0 Å². The van der Waals surface area contributed by atoms with E-state index in [1.54, 1.807) is 18.2 Å². The van der Waals surface area contributed by atoms with E-state index in [1.165, 1.54) is 42.6 Å². The predicted octanol–water partition coefficient (Wildman–Crippen LogP) is 5.49. The monoisotopic (exact) mass is 493 g/mol. The molecule has 170 valence electrons. The van der Waals surface area contributed by atoms with E-state index < -0.39 is 34.3 Å². The molecule has 0 fully saturated rings. The number of esters is 1. The molecule has 0 bridgehead atoms. The fourth-order valence-electron chi connectivity index (χ4n) is 2.73. The van der Waals surface area contributed by atoms with Gasteiger partial charge in [-0.1, -0.05) is 41.9 Å². The number of nitro groups is 1. The van der Waals surface area contributed by atoms with Gasteiger partial charge in [0.25, 0.3) is 17.4 Å². The van der Waals surface area contributed by atoms with Crippen molar-refractivity contribution in [2.24, 2.45) is 0 Å². The van der Waals surface area contributed by atoms with Crippen LogP contribution in [0.1, 0.15) is 22.0 Å². The minimum Gasteiger partial charge on any atom is -0.444 e. The summed E-state index contributed by atoms with van der Waals surface area (Å²) in [7, 11) is 0. The zero-order valence-corrected chi connectivity index (χ0v) is 18.1. The van der Waals surface area contributed by atoms with Crippen molar-refractivity contribution in [3.63, 3.8) is 0 Å². The molecule has 8 nitrogen and oxygen atoms in total. The number of rotatable bonds is 8. The lowest BCUT2D eigenvalue weighted by molar-refractivity contribution is -0.384. The Balaban J connectivity index is 1.89. The molecule has 1 N–H and O–H groups in total. The summed E-state index contributed by atoms with van der Waals surface area (Å²) in [5, 5.41) is 13.2. The Morgan fingerprint density at radius 3 is 2.52 bits per heavy atom. The number of benzene rings is 2. The molecule has 33 heavy (non-hydrogen) atoms. The molecule has 1 atom stereocenters. The number of alkyl halides is 2. The van der Waals surface area contributed by atoms with Gasteiger partial charge < -0.3 is 10.1 Å². The Labute approximate surface area is 195 Å². The van der Waals surface area contributed by atoms with E-state index in [1.807, 2.05) is 0 Å². The molecule has 12 heteroatoms. The quantitative estimate of drug-likeness (QED) is 0.191. The second-order valence-corrected chi connectivity index (χ2v) is 7.73. The van der Waals surface area contributed by atoms with E-state index in [9.17, 15) is 28.5 Å². The molecule has 1 aromatic heterocycles. The van der Waals surface area contributed by atoms with Crippen LogP contribution >= 0.6 is 23.4 Å². The molecule has 0 aliphatic heterocycles. The SMILES string of the molecule is O=C(OC(C(=O)Nc1ccc(Cl)c([N+](=O)[O-])c1)c1ccccc1)c1cccnc1SC(F)F. The van der Waals surface area contributed by atoms with Gasteiger partial charge in [0.05, 0.1) is 10.5 Å². The third-order valence-corrected chi connectivity index (χ3v) is 5.21. The number of nitrogens with zero attached hydrogens (tertiary/aromatic N) is 2. The number of nitrogens with one attached hydrogen (secondary N) is 1. The van der Waals surface area contributed by atoms with Gasteiger partial charge >= 0.3 is 5.97 Å². The molecule has 2 aromatic carbocycles. The highest BCUT2D eigenvalue weighted by Crippen LogP contribution is 2.30. The van der Waals surface area contributed by atoms with Crippen LogP contribution in [0.5, 0.6) is 0 Å². The summed E-state index contributed by atoms with van der Waals surface area (Å²) in [6.45, 7) is 0. The molecular formula is C21H14ClF2N3O5S. The highest BCUT2D eigenvalue weighted by atomic mass is 35.5. The minimum atomic E-state index is -2.82. The summed E-state index contributed by atoms with van der Waals surface area (Å²) in [5.74, 6) is -4.68. The van der Waals surface area contributed by atoms with Gasteiger partial charge in [0, 0.05) is 23.5 Å². The number of halogens is 3. The molecule has 0 aliphatic rings. The number of aromatic nitrogens is 1. The van der Waals surface area contributed by atoms with Gasteiger partial charge in [0.2, 0.25) is 6.10 Å². The Morgan fingerprint density at radius 2 is 1.85 bits per heavy atom. The lowest BCUT2D eigenvalue weighted by Crippen LogP contribution is -2.26. The van der Waals surface area contributed by atoms with E-state index in [4.69, 9.17) is 16.3 Å². The second-order valence-electron chi connectivity index (χ2n) is 6.34. The summed E-state index contributed by atoms with van der Waals surface area (Å²) < 4.78 is 31.0. The third kappa shape index (κ3) is 6.24. The maximum atomic E-state index is 13.0. The van der Waals surface area contributed by atoms with Crippen molar-refractivity contribution in [2.75, 3.05) is 5.32 Å². The van der Waals surface area contributed by atoms with Crippen LogP contribution in [0.4, 0.5) is 20.2 Å². The van der Waals surface area contributed by atoms with E-state index >= 15 is 0 Å². The van der Waals surface area contributed by atoms with Crippen molar-refractivity contribution in [2.45, 2.75) is 16.9 Å². The van der Waals surface area contributed by atoms with Crippen LogP contribution in [-0.4, -0.2) is 27.5 Å². The molecule has 0 spiro atoms. The average Bonchev–Trinajstić information content (AvgIpc) is 2.79. The summed E-state index contributed by atoms with van der Waals surface area (Å²) in [6.07, 6.45) is -0.242. The van der Waals surface area contributed by atoms with E-state index in [-0.39, 0.29) is 33.1 Å². The Hall–Kier alpha value is -3.57. The van der Waals surface area contributed by atoms with E-state index in [0.29, 0.717) is 5.56 Å². The fraction of sp³-hybridized carbons (Fsp3) is 0.0952. The van der Waals surface area contributed by atoms with Gasteiger partial charge in [-0.2, -0.15) is 8.78 Å². The summed E-state index contributed by atoms with van der Waals surface area (Å²) in [4.78, 5) is 39.9. The van der Waals surface area contributed by atoms with Crippen LogP contribution < -0.4 is 5.32 Å². The van der Waals surface area contributed by atoms with Gasteiger partial charge in [-0.05, 0) is 36.0 Å². The summed E-state index contributed by atoms with van der Waals surface area (Å²) in [6, 6.07) is 14.2. The molecule has 1 heterocycles. The Kier molecular flexibility index (Phi) is 7.91. The topological polar surface area (TPSA) is 111 Å². The summed E-state index contributed by atoms with van der Waals surface area (Å²) in [5.41, 5.74) is -0.326. The number of thioether (sulfide) groups is 1. The summed E-state index contributed by atoms with van der Waals surface area (Å²) >= 11 is 5.86. The zero-order valence-electron chi connectivity index (χ0n) is 16.5. The molecule has 1 unspecified atom stereocenters. The molecular weight excluding hydrogens is 480 g/mol. The predicted molar refractivity (Wildman–Crippen MR) is 117 cm³/mol. The lowest BCUT2D eigenvalue weighted by atomic mass is 10.1. The van der Waals surface area contributed by atoms with E-state index in [2.05, 4.69) is 10.3 Å². The second kappa shape index (κ2) is 10.8. The highest BCUT2D eigenvalue weighted by Gasteiger charge is 2.28. The maximum Gasteiger partial charge on any atom is 0.342 e. The van der Waals surface area contributed by atoms with Crippen molar-refractivity contribution in [1.29, 1.82) is 0 Å². The van der Waals surface area contributed by atoms with Gasteiger partial charge in [0.15, 0.2) is 0 Å². The fourth-order valence-corrected chi connectivity index (χ4v) is 3.49. The Bertz CT molecular complexity index is 1180. The van der Waals surface area contributed by atoms with Crippen molar-refractivity contribution in [3.8, 4) is 0 Å². The minimum absolute atomic E-state index is 0.0448. The number of carbonyl (C=O) groups excluding carboxylic acids is 2. The third-order valence-electron chi connectivity index (χ3n) is 4.17. The standard InChI is InChI=1S/C21H14ClF2N3O5S/c22-15-9-8-13(11-16(15)27(30)31)26-18(28)17(12-5-2-1-3-6-12)32-20(29)14-7-4-10-25-19(14)33-21(23)24/h1-11,17,21H,(H,26,28). The van der Waals surface area contributed by atoms with Crippen LogP contribution in [0.2, 0.25) is 5.02 Å². The van der Waals surface area contributed by atoms with E-state index in [0.717, 1.165) is 6.07 Å². The van der Waals surface area contributed by atoms with Crippen LogP contribution in [0.15, 0.2) is 71.9 Å². The highest BCUT2D eigenvalue weighted by molar-refractivity contribution is 7.99. The van der Waals surface area contributed by atoms with Crippen molar-refractivity contribution < 1.29 is 28.0 Å². The number of carbonyl (C=O) groups is 2. The number of ether oxygens (including phenoxy) is 1. The smallest absolute Gasteiger partial charge is 0.342 e. The number of hydrogen-bond acceptors (Lipinski definition) is 7. The van der Waals surface area contributed by atoms with Crippen molar-refractivity contribution in [1.82, 2.24) is 4.98 Å². The number of hydrogen-bond donors (Lipinski definition) is 1.